The molecule has 3 rings (SSSR count). The second-order valence-corrected chi connectivity index (χ2v) is 5.71. The van der Waals surface area contributed by atoms with Gasteiger partial charge in [0.05, 0.1) is 0 Å². The number of halogens is 1. The zero-order valence-corrected chi connectivity index (χ0v) is 11.6. The summed E-state index contributed by atoms with van der Waals surface area (Å²) in [5.74, 6) is 0. The first kappa shape index (κ1) is 12.3. The average Bonchev–Trinajstić information content (AvgIpc) is 2.31. The Morgan fingerprint density at radius 3 is 2.61 bits per heavy atom. The molecule has 1 aromatic carbocycles. The first-order chi connectivity index (χ1) is 8.74. The van der Waals surface area contributed by atoms with Gasteiger partial charge in [-0.2, -0.15) is 0 Å². The molecule has 0 atom stereocenters. The van der Waals surface area contributed by atoms with E-state index in [4.69, 9.17) is 11.6 Å². The van der Waals surface area contributed by atoms with Gasteiger partial charge in [-0.25, -0.2) is 0 Å². The van der Waals surface area contributed by atoms with Crippen molar-refractivity contribution < 1.29 is 0 Å². The Bertz CT molecular complexity index is 423. The van der Waals surface area contributed by atoms with Gasteiger partial charge in [0.15, 0.2) is 0 Å². The van der Waals surface area contributed by atoms with Crippen LogP contribution in [-0.2, 0) is 0 Å². The molecular formula is C14H20ClN3. The maximum atomic E-state index is 6.00. The molecule has 2 aliphatic heterocycles. The van der Waals surface area contributed by atoms with Crippen LogP contribution in [0.3, 0.4) is 0 Å². The molecule has 4 heteroatoms. The molecule has 0 saturated carbocycles. The summed E-state index contributed by atoms with van der Waals surface area (Å²) in [5, 5.41) is 4.24. The van der Waals surface area contributed by atoms with E-state index in [1.54, 1.807) is 0 Å². The van der Waals surface area contributed by atoms with Crippen LogP contribution < -0.4 is 10.2 Å². The van der Waals surface area contributed by atoms with Crippen LogP contribution in [0, 0.1) is 6.92 Å². The minimum Gasteiger partial charge on any atom is -0.368 e. The van der Waals surface area contributed by atoms with Gasteiger partial charge in [0.25, 0.3) is 0 Å². The Labute approximate surface area is 114 Å². The van der Waals surface area contributed by atoms with Crippen molar-refractivity contribution in [2.45, 2.75) is 13.0 Å². The molecular weight excluding hydrogens is 246 g/mol. The van der Waals surface area contributed by atoms with E-state index in [0.717, 1.165) is 37.2 Å². The average molecular weight is 266 g/mol. The Morgan fingerprint density at radius 2 is 1.94 bits per heavy atom. The first-order valence-corrected chi connectivity index (χ1v) is 7.08. The second-order valence-electron chi connectivity index (χ2n) is 5.28. The van der Waals surface area contributed by atoms with Crippen molar-refractivity contribution in [3.8, 4) is 0 Å². The standard InChI is InChI=1S/C14H20ClN3/c1-11-8-12(15)2-3-14(11)18-9-13(10-18)17-6-4-16-5-7-17/h2-3,8,13,16H,4-7,9-10H2,1H3. The van der Waals surface area contributed by atoms with Crippen LogP contribution in [-0.4, -0.2) is 50.2 Å². The molecule has 1 N–H and O–H groups in total. The summed E-state index contributed by atoms with van der Waals surface area (Å²) < 4.78 is 0. The lowest BCUT2D eigenvalue weighted by Crippen LogP contribution is -2.63. The summed E-state index contributed by atoms with van der Waals surface area (Å²) >= 11 is 6.00. The zero-order valence-electron chi connectivity index (χ0n) is 10.8. The number of piperazine rings is 1. The van der Waals surface area contributed by atoms with Gasteiger partial charge >= 0.3 is 0 Å². The van der Waals surface area contributed by atoms with Crippen LogP contribution in [0.25, 0.3) is 0 Å². The normalized spacial score (nSPS) is 22.0. The fourth-order valence-electron chi connectivity index (χ4n) is 2.90. The number of aryl methyl sites for hydroxylation is 1. The highest BCUT2D eigenvalue weighted by atomic mass is 35.5. The molecule has 0 bridgehead atoms. The van der Waals surface area contributed by atoms with Gasteiger partial charge in [-0.3, -0.25) is 4.90 Å². The largest absolute Gasteiger partial charge is 0.368 e. The number of hydrogen-bond donors (Lipinski definition) is 1. The van der Waals surface area contributed by atoms with E-state index in [1.165, 1.54) is 24.3 Å². The van der Waals surface area contributed by atoms with E-state index in [9.17, 15) is 0 Å². The van der Waals surface area contributed by atoms with Gasteiger partial charge < -0.3 is 10.2 Å². The molecule has 0 amide bonds. The highest BCUT2D eigenvalue weighted by Gasteiger charge is 2.32. The van der Waals surface area contributed by atoms with Crippen LogP contribution >= 0.6 is 11.6 Å². The topological polar surface area (TPSA) is 18.5 Å². The molecule has 2 aliphatic rings. The van der Waals surface area contributed by atoms with Crippen molar-refractivity contribution >= 4 is 17.3 Å². The minimum atomic E-state index is 0.738. The van der Waals surface area contributed by atoms with Crippen molar-refractivity contribution in [1.82, 2.24) is 10.2 Å². The van der Waals surface area contributed by atoms with E-state index in [2.05, 4.69) is 34.2 Å². The van der Waals surface area contributed by atoms with Crippen LogP contribution in [0.2, 0.25) is 5.02 Å². The van der Waals surface area contributed by atoms with Crippen molar-refractivity contribution in [2.24, 2.45) is 0 Å². The highest BCUT2D eigenvalue weighted by molar-refractivity contribution is 6.30. The van der Waals surface area contributed by atoms with Gasteiger partial charge in [0.2, 0.25) is 0 Å². The number of hydrogen-bond acceptors (Lipinski definition) is 3. The maximum absolute atomic E-state index is 6.00. The number of anilines is 1. The van der Waals surface area contributed by atoms with Crippen LogP contribution in [0.1, 0.15) is 5.56 Å². The lowest BCUT2D eigenvalue weighted by atomic mass is 10.0. The molecule has 98 valence electrons. The van der Waals surface area contributed by atoms with Gasteiger partial charge in [0.1, 0.15) is 0 Å². The Hall–Kier alpha value is -0.770. The highest BCUT2D eigenvalue weighted by Crippen LogP contribution is 2.28. The molecule has 0 aliphatic carbocycles. The molecule has 3 nitrogen and oxygen atoms in total. The summed E-state index contributed by atoms with van der Waals surface area (Å²) in [5.41, 5.74) is 2.62. The molecule has 2 heterocycles. The van der Waals surface area contributed by atoms with E-state index in [1.807, 2.05) is 6.07 Å². The Balaban J connectivity index is 1.61. The van der Waals surface area contributed by atoms with Crippen molar-refractivity contribution in [3.63, 3.8) is 0 Å². The van der Waals surface area contributed by atoms with E-state index in [-0.39, 0.29) is 0 Å². The predicted octanol–water partition coefficient (Wildman–Crippen LogP) is 1.74. The third-order valence-electron chi connectivity index (χ3n) is 4.03. The third kappa shape index (κ3) is 2.35. The summed E-state index contributed by atoms with van der Waals surface area (Å²) in [7, 11) is 0. The van der Waals surface area contributed by atoms with Crippen molar-refractivity contribution in [1.29, 1.82) is 0 Å². The lowest BCUT2D eigenvalue weighted by molar-refractivity contribution is 0.147. The van der Waals surface area contributed by atoms with Gasteiger partial charge in [-0.05, 0) is 30.7 Å². The summed E-state index contributed by atoms with van der Waals surface area (Å²) in [6.07, 6.45) is 0. The summed E-state index contributed by atoms with van der Waals surface area (Å²) in [6.45, 7) is 9.10. The molecule has 0 unspecified atom stereocenters. The molecule has 2 saturated heterocycles. The third-order valence-corrected chi connectivity index (χ3v) is 4.26. The maximum Gasteiger partial charge on any atom is 0.0447 e. The number of nitrogens with zero attached hydrogens (tertiary/aromatic N) is 2. The van der Waals surface area contributed by atoms with E-state index in [0.29, 0.717) is 0 Å². The monoisotopic (exact) mass is 265 g/mol. The van der Waals surface area contributed by atoms with E-state index < -0.39 is 0 Å². The second kappa shape index (κ2) is 5.08. The van der Waals surface area contributed by atoms with Gasteiger partial charge in [-0.15, -0.1) is 0 Å². The smallest absolute Gasteiger partial charge is 0.0447 e. The van der Waals surface area contributed by atoms with Gasteiger partial charge in [0, 0.05) is 56.0 Å². The number of benzene rings is 1. The van der Waals surface area contributed by atoms with Crippen LogP contribution in [0.5, 0.6) is 0 Å². The Kier molecular flexibility index (Phi) is 3.46. The SMILES string of the molecule is Cc1cc(Cl)ccc1N1CC(N2CCNCC2)C1. The minimum absolute atomic E-state index is 0.738. The van der Waals surface area contributed by atoms with Crippen molar-refractivity contribution in [3.05, 3.63) is 28.8 Å². The van der Waals surface area contributed by atoms with Crippen LogP contribution in [0.4, 0.5) is 5.69 Å². The molecule has 2 fully saturated rings. The summed E-state index contributed by atoms with van der Waals surface area (Å²) in [6, 6.07) is 6.92. The first-order valence-electron chi connectivity index (χ1n) is 6.70. The Morgan fingerprint density at radius 1 is 1.22 bits per heavy atom. The predicted molar refractivity (Wildman–Crippen MR) is 76.6 cm³/mol. The molecule has 1 aromatic rings. The lowest BCUT2D eigenvalue weighted by Gasteiger charge is -2.48. The number of nitrogens with one attached hydrogen (secondary N) is 1. The zero-order chi connectivity index (χ0) is 12.5. The fourth-order valence-corrected chi connectivity index (χ4v) is 3.13. The van der Waals surface area contributed by atoms with Crippen LogP contribution in [0.15, 0.2) is 18.2 Å². The van der Waals surface area contributed by atoms with Gasteiger partial charge in [-0.1, -0.05) is 11.6 Å². The quantitative estimate of drug-likeness (QED) is 0.879. The molecule has 0 aromatic heterocycles. The van der Waals surface area contributed by atoms with E-state index >= 15 is 0 Å². The fraction of sp³-hybridized carbons (Fsp3) is 0.571. The molecule has 0 radical (unpaired) electrons. The number of rotatable bonds is 2. The summed E-state index contributed by atoms with van der Waals surface area (Å²) in [4.78, 5) is 5.07. The molecule has 18 heavy (non-hydrogen) atoms. The van der Waals surface area contributed by atoms with Crippen molar-refractivity contribution in [2.75, 3.05) is 44.2 Å². The molecule has 0 spiro atoms.